The molecule has 1 saturated carbocycles. The van der Waals surface area contributed by atoms with Crippen molar-refractivity contribution in [1.29, 1.82) is 0 Å². The number of H-pyrrole nitrogens is 1. The van der Waals surface area contributed by atoms with Gasteiger partial charge >= 0.3 is 0 Å². The van der Waals surface area contributed by atoms with Gasteiger partial charge in [0.05, 0.1) is 28.6 Å². The fourth-order valence-corrected chi connectivity index (χ4v) is 2.61. The van der Waals surface area contributed by atoms with Crippen LogP contribution in [0.4, 0.5) is 11.4 Å². The van der Waals surface area contributed by atoms with Gasteiger partial charge in [0.15, 0.2) is 0 Å². The van der Waals surface area contributed by atoms with E-state index in [4.69, 9.17) is 5.73 Å². The fraction of sp³-hybridized carbons (Fsp3) is 0.429. The fourth-order valence-electron chi connectivity index (χ4n) is 2.61. The van der Waals surface area contributed by atoms with Crippen LogP contribution in [0.15, 0.2) is 23.3 Å². The third kappa shape index (κ3) is 2.16. The van der Waals surface area contributed by atoms with Crippen molar-refractivity contribution in [3.05, 3.63) is 28.8 Å². The zero-order valence-corrected chi connectivity index (χ0v) is 11.0. The van der Waals surface area contributed by atoms with E-state index in [0.29, 0.717) is 16.6 Å². The summed E-state index contributed by atoms with van der Waals surface area (Å²) in [4.78, 5) is 20.6. The Morgan fingerprint density at radius 1 is 1.47 bits per heavy atom. The summed E-state index contributed by atoms with van der Waals surface area (Å²) in [5.74, 6) is 0.771. The Balaban J connectivity index is 1.98. The number of fused-ring (bicyclic) bond motifs is 1. The van der Waals surface area contributed by atoms with Gasteiger partial charge in [0, 0.05) is 13.6 Å². The first-order valence-electron chi connectivity index (χ1n) is 6.63. The molecule has 0 spiro atoms. The summed E-state index contributed by atoms with van der Waals surface area (Å²) in [6.45, 7) is 1.01. The summed E-state index contributed by atoms with van der Waals surface area (Å²) in [6.07, 6.45) is 5.37. The molecule has 1 fully saturated rings. The molecule has 0 atom stereocenters. The summed E-state index contributed by atoms with van der Waals surface area (Å²) in [6, 6.07) is 3.62. The lowest BCUT2D eigenvalue weighted by Crippen LogP contribution is -2.29. The topological polar surface area (TPSA) is 75.0 Å². The third-order valence-corrected chi connectivity index (χ3v) is 3.96. The Morgan fingerprint density at radius 2 is 2.26 bits per heavy atom. The van der Waals surface area contributed by atoms with Gasteiger partial charge in [0.2, 0.25) is 0 Å². The number of nitrogen functional groups attached to an aromatic ring is 1. The Labute approximate surface area is 111 Å². The zero-order valence-electron chi connectivity index (χ0n) is 11.0. The van der Waals surface area contributed by atoms with Gasteiger partial charge in [-0.15, -0.1) is 0 Å². The maximum absolute atomic E-state index is 11.7. The van der Waals surface area contributed by atoms with E-state index < -0.39 is 0 Å². The standard InChI is InChI=1S/C14H18N4O/c1-18(7-9-3-2-4-9)13-6-12-10(5-11(13)15)14(19)17-8-16-12/h5-6,8-9H,2-4,7,15H2,1H3,(H,16,17,19). The highest BCUT2D eigenvalue weighted by atomic mass is 16.1. The Hall–Kier alpha value is -2.04. The molecule has 1 aliphatic rings. The highest BCUT2D eigenvalue weighted by molar-refractivity contribution is 5.88. The van der Waals surface area contributed by atoms with E-state index >= 15 is 0 Å². The Kier molecular flexibility index (Phi) is 2.89. The van der Waals surface area contributed by atoms with Gasteiger partial charge in [-0.1, -0.05) is 6.42 Å². The maximum Gasteiger partial charge on any atom is 0.258 e. The molecule has 5 heteroatoms. The van der Waals surface area contributed by atoms with Gasteiger partial charge in [0.25, 0.3) is 5.56 Å². The molecular weight excluding hydrogens is 240 g/mol. The first-order valence-corrected chi connectivity index (χ1v) is 6.63. The van der Waals surface area contributed by atoms with Gasteiger partial charge in [-0.3, -0.25) is 4.79 Å². The van der Waals surface area contributed by atoms with E-state index in [0.717, 1.165) is 18.2 Å². The average Bonchev–Trinajstić information content (AvgIpc) is 2.34. The van der Waals surface area contributed by atoms with Gasteiger partial charge in [-0.25, -0.2) is 4.98 Å². The van der Waals surface area contributed by atoms with Gasteiger partial charge in [-0.2, -0.15) is 0 Å². The van der Waals surface area contributed by atoms with E-state index in [2.05, 4.69) is 14.9 Å². The number of benzene rings is 1. The van der Waals surface area contributed by atoms with Gasteiger partial charge in [0.1, 0.15) is 0 Å². The van der Waals surface area contributed by atoms with Crippen molar-refractivity contribution < 1.29 is 0 Å². The average molecular weight is 258 g/mol. The quantitative estimate of drug-likeness (QED) is 0.822. The Morgan fingerprint density at radius 3 is 2.95 bits per heavy atom. The minimum atomic E-state index is -0.148. The molecule has 100 valence electrons. The van der Waals surface area contributed by atoms with Crippen LogP contribution >= 0.6 is 0 Å². The highest BCUT2D eigenvalue weighted by Gasteiger charge is 2.20. The largest absolute Gasteiger partial charge is 0.397 e. The lowest BCUT2D eigenvalue weighted by molar-refractivity contribution is 0.321. The number of anilines is 2. The number of nitrogens with zero attached hydrogens (tertiary/aromatic N) is 2. The van der Waals surface area contributed by atoms with Crippen molar-refractivity contribution in [1.82, 2.24) is 9.97 Å². The maximum atomic E-state index is 11.7. The van der Waals surface area contributed by atoms with Crippen molar-refractivity contribution in [2.45, 2.75) is 19.3 Å². The first kappa shape index (κ1) is 12.0. The molecule has 0 amide bonds. The molecule has 3 N–H and O–H groups in total. The van der Waals surface area contributed by atoms with Crippen LogP contribution in [0.1, 0.15) is 19.3 Å². The molecule has 5 nitrogen and oxygen atoms in total. The lowest BCUT2D eigenvalue weighted by Gasteiger charge is -2.31. The minimum Gasteiger partial charge on any atom is -0.397 e. The number of aromatic amines is 1. The predicted octanol–water partition coefficient (Wildman–Crippen LogP) is 1.74. The van der Waals surface area contributed by atoms with Gasteiger partial charge < -0.3 is 15.6 Å². The monoisotopic (exact) mass is 258 g/mol. The smallest absolute Gasteiger partial charge is 0.258 e. The van der Waals surface area contributed by atoms with Crippen LogP contribution in [0.25, 0.3) is 10.9 Å². The molecule has 3 rings (SSSR count). The van der Waals surface area contributed by atoms with Crippen LogP contribution in [-0.4, -0.2) is 23.6 Å². The number of nitrogens with one attached hydrogen (secondary N) is 1. The van der Waals surface area contributed by atoms with Gasteiger partial charge in [-0.05, 0) is 30.9 Å². The van der Waals surface area contributed by atoms with Crippen molar-refractivity contribution in [3.63, 3.8) is 0 Å². The summed E-state index contributed by atoms with van der Waals surface area (Å²) in [7, 11) is 2.04. The predicted molar refractivity (Wildman–Crippen MR) is 77.4 cm³/mol. The van der Waals surface area contributed by atoms with Crippen molar-refractivity contribution in [2.75, 3.05) is 24.2 Å². The van der Waals surface area contributed by atoms with Crippen LogP contribution in [0, 0.1) is 5.92 Å². The Bertz CT molecular complexity index is 660. The molecule has 1 heterocycles. The molecule has 1 aliphatic carbocycles. The first-order chi connectivity index (χ1) is 9.15. The van der Waals surface area contributed by atoms with Crippen LogP contribution in [0.5, 0.6) is 0 Å². The van der Waals surface area contributed by atoms with E-state index in [1.165, 1.54) is 25.6 Å². The SMILES string of the molecule is CN(CC1CCC1)c1cc2nc[nH]c(=O)c2cc1N. The van der Waals surface area contributed by atoms with Crippen LogP contribution in [0.3, 0.4) is 0 Å². The van der Waals surface area contributed by atoms with Crippen molar-refractivity contribution in [2.24, 2.45) is 5.92 Å². The van der Waals surface area contributed by atoms with E-state index in [9.17, 15) is 4.79 Å². The summed E-state index contributed by atoms with van der Waals surface area (Å²) in [5, 5.41) is 0.542. The molecule has 1 aromatic heterocycles. The van der Waals surface area contributed by atoms with Crippen LogP contribution in [0.2, 0.25) is 0 Å². The van der Waals surface area contributed by atoms with Crippen molar-refractivity contribution >= 4 is 22.3 Å². The summed E-state index contributed by atoms with van der Waals surface area (Å²) in [5.41, 5.74) is 8.20. The highest BCUT2D eigenvalue weighted by Crippen LogP contribution is 2.31. The molecule has 0 unspecified atom stereocenters. The second-order valence-corrected chi connectivity index (χ2v) is 5.34. The molecule has 0 aliphatic heterocycles. The zero-order chi connectivity index (χ0) is 13.4. The molecule has 0 bridgehead atoms. The number of rotatable bonds is 3. The second kappa shape index (κ2) is 4.57. The molecular formula is C14H18N4O. The number of hydrogen-bond acceptors (Lipinski definition) is 4. The molecule has 1 aromatic carbocycles. The number of hydrogen-bond donors (Lipinski definition) is 2. The molecule has 2 aromatic rings. The second-order valence-electron chi connectivity index (χ2n) is 5.34. The normalized spacial score (nSPS) is 15.4. The molecule has 0 saturated heterocycles. The van der Waals surface area contributed by atoms with Crippen molar-refractivity contribution in [3.8, 4) is 0 Å². The van der Waals surface area contributed by atoms with Crippen LogP contribution in [-0.2, 0) is 0 Å². The van der Waals surface area contributed by atoms with E-state index in [-0.39, 0.29) is 5.56 Å². The van der Waals surface area contributed by atoms with E-state index in [1.807, 2.05) is 13.1 Å². The van der Waals surface area contributed by atoms with E-state index in [1.54, 1.807) is 6.07 Å². The summed E-state index contributed by atoms with van der Waals surface area (Å²) < 4.78 is 0. The minimum absolute atomic E-state index is 0.148. The molecule has 0 radical (unpaired) electrons. The molecule has 19 heavy (non-hydrogen) atoms. The van der Waals surface area contributed by atoms with Crippen LogP contribution < -0.4 is 16.2 Å². The number of aromatic nitrogens is 2. The summed E-state index contributed by atoms with van der Waals surface area (Å²) >= 11 is 0. The third-order valence-electron chi connectivity index (χ3n) is 3.96. The number of nitrogens with two attached hydrogens (primary N) is 1. The lowest BCUT2D eigenvalue weighted by atomic mass is 9.85.